The summed E-state index contributed by atoms with van der Waals surface area (Å²) in [6.45, 7) is 0.00796. The van der Waals surface area contributed by atoms with E-state index in [-0.39, 0.29) is 6.61 Å². The van der Waals surface area contributed by atoms with Gasteiger partial charge in [-0.15, -0.1) is 0 Å². The number of aryl methyl sites for hydroxylation is 1. The average molecular weight is 239 g/mol. The Morgan fingerprint density at radius 1 is 1.38 bits per heavy atom. The van der Waals surface area contributed by atoms with Gasteiger partial charge in [-0.25, -0.2) is 9.97 Å². The van der Waals surface area contributed by atoms with Crippen molar-refractivity contribution in [2.24, 2.45) is 14.1 Å². The lowest BCUT2D eigenvalue weighted by atomic mass is 10.5. The summed E-state index contributed by atoms with van der Waals surface area (Å²) in [7, 11) is 3.75. The highest BCUT2D eigenvalue weighted by Gasteiger charge is 2.08. The smallest absolute Gasteiger partial charge is 0.168 e. The molecule has 2 heterocycles. The summed E-state index contributed by atoms with van der Waals surface area (Å²) in [5.41, 5.74) is 0.806. The molecule has 0 bridgehead atoms. The molecule has 0 spiro atoms. The van der Waals surface area contributed by atoms with Gasteiger partial charge in [-0.2, -0.15) is 5.10 Å². The minimum Gasteiger partial charge on any atom is -0.390 e. The lowest BCUT2D eigenvalue weighted by molar-refractivity contribution is 0.271. The quantitative estimate of drug-likeness (QED) is 0.779. The Labute approximate surface area is 97.3 Å². The Bertz CT molecular complexity index is 478. The Kier molecular flexibility index (Phi) is 3.25. The van der Waals surface area contributed by atoms with E-state index in [9.17, 15) is 0 Å². The number of rotatable bonds is 4. The van der Waals surface area contributed by atoms with E-state index >= 15 is 0 Å². The molecule has 6 nitrogen and oxygen atoms in total. The largest absolute Gasteiger partial charge is 0.390 e. The third-order valence-corrected chi connectivity index (χ3v) is 3.38. The van der Waals surface area contributed by atoms with E-state index in [1.165, 1.54) is 6.33 Å². The second kappa shape index (κ2) is 4.67. The van der Waals surface area contributed by atoms with Crippen LogP contribution in [0, 0.1) is 0 Å². The number of hydrogen-bond donors (Lipinski definition) is 1. The van der Waals surface area contributed by atoms with Gasteiger partial charge in [-0.1, -0.05) is 11.8 Å². The normalized spacial score (nSPS) is 10.9. The number of aliphatic hydroxyl groups excluding tert-OH is 1. The van der Waals surface area contributed by atoms with Gasteiger partial charge in [-0.05, 0) is 0 Å². The summed E-state index contributed by atoms with van der Waals surface area (Å²) >= 11 is 1.57. The van der Waals surface area contributed by atoms with Gasteiger partial charge in [0, 0.05) is 14.1 Å². The number of nitrogens with zero attached hydrogens (tertiary/aromatic N) is 5. The predicted octanol–water partition coefficient (Wildman–Crippen LogP) is 0.333. The van der Waals surface area contributed by atoms with E-state index in [1.807, 2.05) is 18.7 Å². The van der Waals surface area contributed by atoms with Crippen LogP contribution in [0.15, 0.2) is 17.7 Å². The van der Waals surface area contributed by atoms with E-state index in [0.29, 0.717) is 5.75 Å². The minimum atomic E-state index is 0.00796. The van der Waals surface area contributed by atoms with E-state index in [4.69, 9.17) is 5.11 Å². The summed E-state index contributed by atoms with van der Waals surface area (Å²) in [6.07, 6.45) is 3.21. The average Bonchev–Trinajstić information content (AvgIpc) is 2.83. The lowest BCUT2D eigenvalue weighted by Gasteiger charge is -2.03. The van der Waals surface area contributed by atoms with Crippen molar-refractivity contribution < 1.29 is 5.11 Å². The molecule has 86 valence electrons. The van der Waals surface area contributed by atoms with Crippen molar-refractivity contribution >= 4 is 11.8 Å². The van der Waals surface area contributed by atoms with Crippen molar-refractivity contribution in [3.63, 3.8) is 0 Å². The highest BCUT2D eigenvalue weighted by Crippen LogP contribution is 2.20. The van der Waals surface area contributed by atoms with E-state index in [2.05, 4.69) is 15.1 Å². The number of imidazole rings is 1. The van der Waals surface area contributed by atoms with Crippen LogP contribution >= 0.6 is 11.8 Å². The van der Waals surface area contributed by atoms with Gasteiger partial charge in [0.1, 0.15) is 12.2 Å². The van der Waals surface area contributed by atoms with Crippen LogP contribution < -0.4 is 0 Å². The number of hydrogen-bond acceptors (Lipinski definition) is 5. The van der Waals surface area contributed by atoms with E-state index in [1.54, 1.807) is 22.6 Å². The Morgan fingerprint density at radius 2 is 2.19 bits per heavy atom. The molecule has 7 heteroatoms. The summed E-state index contributed by atoms with van der Waals surface area (Å²) in [6, 6.07) is 0. The zero-order valence-corrected chi connectivity index (χ0v) is 9.98. The third-order valence-electron chi connectivity index (χ3n) is 2.34. The van der Waals surface area contributed by atoms with Gasteiger partial charge < -0.3 is 9.67 Å². The van der Waals surface area contributed by atoms with Crippen LogP contribution in [0.5, 0.6) is 0 Å². The fourth-order valence-electron chi connectivity index (χ4n) is 1.29. The van der Waals surface area contributed by atoms with Crippen molar-refractivity contribution in [2.75, 3.05) is 0 Å². The monoisotopic (exact) mass is 239 g/mol. The van der Waals surface area contributed by atoms with Gasteiger partial charge in [0.2, 0.25) is 0 Å². The molecular formula is C9H13N5OS. The molecule has 0 saturated heterocycles. The van der Waals surface area contributed by atoms with Crippen molar-refractivity contribution in [1.82, 2.24) is 24.3 Å². The van der Waals surface area contributed by atoms with Crippen LogP contribution in [0.2, 0.25) is 0 Å². The second-order valence-electron chi connectivity index (χ2n) is 3.34. The first-order valence-electron chi connectivity index (χ1n) is 4.79. The van der Waals surface area contributed by atoms with Gasteiger partial charge >= 0.3 is 0 Å². The number of aliphatic hydroxyl groups is 1. The van der Waals surface area contributed by atoms with E-state index < -0.39 is 0 Å². The maximum atomic E-state index is 9.03. The highest BCUT2D eigenvalue weighted by molar-refractivity contribution is 7.98. The van der Waals surface area contributed by atoms with Crippen LogP contribution in [0.4, 0.5) is 0 Å². The Hall–Kier alpha value is -1.34. The van der Waals surface area contributed by atoms with Gasteiger partial charge in [-0.3, -0.25) is 4.68 Å². The lowest BCUT2D eigenvalue weighted by Crippen LogP contribution is -2.00. The maximum absolute atomic E-state index is 9.03. The standard InChI is InChI=1S/C9H13N5OS/c1-13-7(4-15)3-10-9(13)16-5-8-11-6-12-14(8)2/h3,6,15H,4-5H2,1-2H3. The molecule has 0 aromatic carbocycles. The van der Waals surface area contributed by atoms with Gasteiger partial charge in [0.15, 0.2) is 5.16 Å². The minimum absolute atomic E-state index is 0.00796. The maximum Gasteiger partial charge on any atom is 0.168 e. The molecule has 0 saturated carbocycles. The first kappa shape index (κ1) is 11.2. The van der Waals surface area contributed by atoms with Crippen molar-refractivity contribution in [3.05, 3.63) is 24.0 Å². The SMILES string of the molecule is Cn1ncnc1CSc1ncc(CO)n1C. The molecule has 0 radical (unpaired) electrons. The summed E-state index contributed by atoms with van der Waals surface area (Å²) in [4.78, 5) is 8.36. The molecule has 1 N–H and O–H groups in total. The van der Waals surface area contributed by atoms with Crippen LogP contribution in [0.3, 0.4) is 0 Å². The Balaban J connectivity index is 2.05. The van der Waals surface area contributed by atoms with Gasteiger partial charge in [0.25, 0.3) is 0 Å². The molecule has 2 aromatic rings. The van der Waals surface area contributed by atoms with Crippen LogP contribution in [0.25, 0.3) is 0 Å². The fraction of sp³-hybridized carbons (Fsp3) is 0.444. The zero-order valence-electron chi connectivity index (χ0n) is 9.16. The number of aromatic nitrogens is 5. The molecule has 0 aliphatic heterocycles. The second-order valence-corrected chi connectivity index (χ2v) is 4.28. The van der Waals surface area contributed by atoms with Crippen LogP contribution in [-0.4, -0.2) is 29.4 Å². The zero-order chi connectivity index (χ0) is 11.5. The molecule has 0 unspecified atom stereocenters. The first-order valence-corrected chi connectivity index (χ1v) is 5.78. The summed E-state index contributed by atoms with van der Waals surface area (Å²) in [5.74, 6) is 1.62. The summed E-state index contributed by atoms with van der Waals surface area (Å²) in [5, 5.41) is 13.9. The molecule has 2 aromatic heterocycles. The molecular weight excluding hydrogens is 226 g/mol. The first-order chi connectivity index (χ1) is 7.72. The van der Waals surface area contributed by atoms with Crippen LogP contribution in [-0.2, 0) is 26.5 Å². The van der Waals surface area contributed by atoms with Crippen LogP contribution in [0.1, 0.15) is 11.5 Å². The third kappa shape index (κ3) is 2.10. The molecule has 0 amide bonds. The van der Waals surface area contributed by atoms with Crippen molar-refractivity contribution in [1.29, 1.82) is 0 Å². The summed E-state index contributed by atoms with van der Waals surface area (Å²) < 4.78 is 3.62. The highest BCUT2D eigenvalue weighted by atomic mass is 32.2. The topological polar surface area (TPSA) is 68.8 Å². The molecule has 2 rings (SSSR count). The fourth-order valence-corrected chi connectivity index (χ4v) is 2.24. The molecule has 0 aliphatic rings. The van der Waals surface area contributed by atoms with Gasteiger partial charge in [0.05, 0.1) is 24.3 Å². The molecule has 0 fully saturated rings. The Morgan fingerprint density at radius 3 is 2.75 bits per heavy atom. The van der Waals surface area contributed by atoms with E-state index in [0.717, 1.165) is 16.7 Å². The van der Waals surface area contributed by atoms with Crippen molar-refractivity contribution in [3.8, 4) is 0 Å². The molecule has 0 aliphatic carbocycles. The van der Waals surface area contributed by atoms with Crippen molar-refractivity contribution in [2.45, 2.75) is 17.5 Å². The molecule has 0 atom stereocenters. The number of thioether (sulfide) groups is 1. The predicted molar refractivity (Wildman–Crippen MR) is 59.7 cm³/mol. The molecule has 16 heavy (non-hydrogen) atoms.